The Morgan fingerprint density at radius 3 is 2.89 bits per heavy atom. The summed E-state index contributed by atoms with van der Waals surface area (Å²) >= 11 is 0. The van der Waals surface area contributed by atoms with Gasteiger partial charge in [0.05, 0.1) is 36.9 Å². The molecule has 0 bridgehead atoms. The number of aliphatic hydroxyl groups is 1. The number of aromatic nitrogens is 3. The molecule has 7 heteroatoms. The number of hydrogen-bond acceptors (Lipinski definition) is 4. The predicted octanol–water partition coefficient (Wildman–Crippen LogP) is 0.914. The van der Waals surface area contributed by atoms with Gasteiger partial charge in [0, 0.05) is 12.4 Å². The molecule has 94 valence electrons. The van der Waals surface area contributed by atoms with E-state index in [1.807, 2.05) is 0 Å². The third-order valence-corrected chi connectivity index (χ3v) is 2.14. The van der Waals surface area contributed by atoms with Crippen molar-refractivity contribution in [3.8, 4) is 0 Å². The highest BCUT2D eigenvalue weighted by Crippen LogP contribution is 2.07. The van der Waals surface area contributed by atoms with Crippen LogP contribution in [0.15, 0.2) is 36.9 Å². The highest BCUT2D eigenvalue weighted by Gasteiger charge is 2.04. The second kappa shape index (κ2) is 5.78. The molecule has 7 nitrogen and oxygen atoms in total. The minimum atomic E-state index is -0.369. The minimum absolute atomic E-state index is 0.00298. The molecule has 2 aromatic rings. The van der Waals surface area contributed by atoms with Crippen LogP contribution in [-0.4, -0.2) is 32.5 Å². The van der Waals surface area contributed by atoms with Crippen molar-refractivity contribution in [1.82, 2.24) is 14.8 Å². The number of carbonyl (C=O) groups excluding carboxylic acids is 1. The summed E-state index contributed by atoms with van der Waals surface area (Å²) in [6.07, 6.45) is 6.33. The lowest BCUT2D eigenvalue weighted by atomic mass is 10.4. The van der Waals surface area contributed by atoms with Gasteiger partial charge in [-0.3, -0.25) is 9.67 Å². The van der Waals surface area contributed by atoms with Gasteiger partial charge >= 0.3 is 6.03 Å². The fourth-order valence-corrected chi connectivity index (χ4v) is 1.38. The number of hydrogen-bond donors (Lipinski definition) is 3. The fourth-order valence-electron chi connectivity index (χ4n) is 1.38. The van der Waals surface area contributed by atoms with Gasteiger partial charge in [-0.05, 0) is 12.1 Å². The van der Waals surface area contributed by atoms with Gasteiger partial charge in [0.15, 0.2) is 0 Å². The summed E-state index contributed by atoms with van der Waals surface area (Å²) in [4.78, 5) is 15.5. The van der Waals surface area contributed by atoms with E-state index >= 15 is 0 Å². The van der Waals surface area contributed by atoms with Crippen LogP contribution in [0.3, 0.4) is 0 Å². The van der Waals surface area contributed by atoms with E-state index in [2.05, 4.69) is 20.7 Å². The van der Waals surface area contributed by atoms with Crippen LogP contribution in [0.4, 0.5) is 16.2 Å². The molecule has 2 rings (SSSR count). The van der Waals surface area contributed by atoms with Gasteiger partial charge in [0.2, 0.25) is 0 Å². The van der Waals surface area contributed by atoms with E-state index in [9.17, 15) is 4.79 Å². The van der Waals surface area contributed by atoms with E-state index in [-0.39, 0.29) is 12.6 Å². The van der Waals surface area contributed by atoms with Crippen molar-refractivity contribution in [1.29, 1.82) is 0 Å². The first-order valence-corrected chi connectivity index (χ1v) is 5.39. The van der Waals surface area contributed by atoms with Crippen LogP contribution in [0.1, 0.15) is 0 Å². The van der Waals surface area contributed by atoms with Crippen molar-refractivity contribution in [2.45, 2.75) is 6.54 Å². The van der Waals surface area contributed by atoms with Gasteiger partial charge in [-0.25, -0.2) is 4.79 Å². The summed E-state index contributed by atoms with van der Waals surface area (Å²) in [5.41, 5.74) is 1.17. The van der Waals surface area contributed by atoms with Crippen LogP contribution < -0.4 is 10.6 Å². The van der Waals surface area contributed by atoms with Crippen LogP contribution in [0, 0.1) is 0 Å². The van der Waals surface area contributed by atoms with Crippen LogP contribution in [0.2, 0.25) is 0 Å². The van der Waals surface area contributed by atoms with E-state index in [1.165, 1.54) is 6.20 Å². The molecule has 0 aromatic carbocycles. The van der Waals surface area contributed by atoms with Crippen molar-refractivity contribution in [2.75, 3.05) is 17.2 Å². The summed E-state index contributed by atoms with van der Waals surface area (Å²) < 4.78 is 1.54. The first-order chi connectivity index (χ1) is 8.78. The SMILES string of the molecule is O=C(Nc1cccnc1)Nc1cnn(CCO)c1. The third-order valence-electron chi connectivity index (χ3n) is 2.14. The lowest BCUT2D eigenvalue weighted by molar-refractivity contribution is 0.262. The summed E-state index contributed by atoms with van der Waals surface area (Å²) in [6.45, 7) is 0.398. The van der Waals surface area contributed by atoms with E-state index in [0.717, 1.165) is 0 Å². The first-order valence-electron chi connectivity index (χ1n) is 5.39. The predicted molar refractivity (Wildman–Crippen MR) is 66.2 cm³/mol. The molecule has 18 heavy (non-hydrogen) atoms. The highest BCUT2D eigenvalue weighted by atomic mass is 16.3. The maximum atomic E-state index is 11.6. The fraction of sp³-hybridized carbons (Fsp3) is 0.182. The molecule has 0 atom stereocenters. The third kappa shape index (κ3) is 3.29. The molecule has 0 aliphatic rings. The Hall–Kier alpha value is -2.41. The van der Waals surface area contributed by atoms with Crippen LogP contribution in [-0.2, 0) is 6.54 Å². The van der Waals surface area contributed by atoms with Crippen LogP contribution >= 0.6 is 0 Å². The standard InChI is InChI=1S/C11H13N5O2/c17-5-4-16-8-10(7-13-16)15-11(18)14-9-2-1-3-12-6-9/h1-3,6-8,17H,4-5H2,(H2,14,15,18). The van der Waals surface area contributed by atoms with Gasteiger partial charge in [-0.2, -0.15) is 5.10 Å². The Kier molecular flexibility index (Phi) is 3.87. The molecule has 0 aliphatic carbocycles. The number of pyridine rings is 1. The summed E-state index contributed by atoms with van der Waals surface area (Å²) in [5.74, 6) is 0. The van der Waals surface area contributed by atoms with Crippen LogP contribution in [0.5, 0.6) is 0 Å². The topological polar surface area (TPSA) is 92.1 Å². The Morgan fingerprint density at radius 2 is 2.17 bits per heavy atom. The molecule has 2 aromatic heterocycles. The maximum Gasteiger partial charge on any atom is 0.323 e. The molecule has 0 radical (unpaired) electrons. The number of nitrogens with one attached hydrogen (secondary N) is 2. The zero-order valence-electron chi connectivity index (χ0n) is 9.58. The van der Waals surface area contributed by atoms with Crippen molar-refractivity contribution in [3.05, 3.63) is 36.9 Å². The van der Waals surface area contributed by atoms with Crippen molar-refractivity contribution < 1.29 is 9.90 Å². The van der Waals surface area contributed by atoms with Gasteiger partial charge in [0.1, 0.15) is 0 Å². The average molecular weight is 247 g/mol. The van der Waals surface area contributed by atoms with E-state index < -0.39 is 0 Å². The van der Waals surface area contributed by atoms with E-state index in [0.29, 0.717) is 17.9 Å². The van der Waals surface area contributed by atoms with Crippen molar-refractivity contribution in [2.24, 2.45) is 0 Å². The number of amides is 2. The Labute approximate surface area is 103 Å². The number of rotatable bonds is 4. The quantitative estimate of drug-likeness (QED) is 0.749. The summed E-state index contributed by atoms with van der Waals surface area (Å²) in [5, 5.41) is 18.0. The molecule has 3 N–H and O–H groups in total. The number of anilines is 2. The zero-order chi connectivity index (χ0) is 12.8. The van der Waals surface area contributed by atoms with Crippen LogP contribution in [0.25, 0.3) is 0 Å². The number of nitrogens with zero attached hydrogens (tertiary/aromatic N) is 3. The van der Waals surface area contributed by atoms with E-state index in [1.54, 1.807) is 35.4 Å². The maximum absolute atomic E-state index is 11.6. The molecule has 0 saturated carbocycles. The lowest BCUT2D eigenvalue weighted by Gasteiger charge is -2.04. The van der Waals surface area contributed by atoms with Crippen molar-refractivity contribution >= 4 is 17.4 Å². The zero-order valence-corrected chi connectivity index (χ0v) is 9.58. The number of aliphatic hydroxyl groups excluding tert-OH is 1. The molecule has 0 spiro atoms. The molecular formula is C11H13N5O2. The van der Waals surface area contributed by atoms with E-state index in [4.69, 9.17) is 5.11 Å². The molecule has 0 aliphatic heterocycles. The lowest BCUT2D eigenvalue weighted by Crippen LogP contribution is -2.19. The first kappa shape index (κ1) is 12.1. The second-order valence-corrected chi connectivity index (χ2v) is 3.54. The highest BCUT2D eigenvalue weighted by molar-refractivity contribution is 5.99. The van der Waals surface area contributed by atoms with Crippen molar-refractivity contribution in [3.63, 3.8) is 0 Å². The average Bonchev–Trinajstić information content (AvgIpc) is 2.78. The number of carbonyl (C=O) groups is 1. The number of urea groups is 1. The second-order valence-electron chi connectivity index (χ2n) is 3.54. The minimum Gasteiger partial charge on any atom is -0.394 e. The monoisotopic (exact) mass is 247 g/mol. The summed E-state index contributed by atoms with van der Waals surface area (Å²) in [6, 6.07) is 3.10. The molecule has 0 fully saturated rings. The summed E-state index contributed by atoms with van der Waals surface area (Å²) in [7, 11) is 0. The molecule has 2 heterocycles. The molecular weight excluding hydrogens is 234 g/mol. The van der Waals surface area contributed by atoms with Gasteiger partial charge in [-0.1, -0.05) is 0 Å². The molecule has 0 unspecified atom stereocenters. The van der Waals surface area contributed by atoms with Gasteiger partial charge in [0.25, 0.3) is 0 Å². The normalized spacial score (nSPS) is 10.1. The Balaban J connectivity index is 1.90. The Morgan fingerprint density at radius 1 is 1.33 bits per heavy atom. The smallest absolute Gasteiger partial charge is 0.323 e. The Bertz CT molecular complexity index is 511. The molecule has 2 amide bonds. The van der Waals surface area contributed by atoms with Gasteiger partial charge < -0.3 is 15.7 Å². The van der Waals surface area contributed by atoms with Gasteiger partial charge in [-0.15, -0.1) is 0 Å². The largest absolute Gasteiger partial charge is 0.394 e. The molecule has 0 saturated heterocycles.